The fourth-order valence-electron chi connectivity index (χ4n) is 0.997. The van der Waals surface area contributed by atoms with E-state index in [0.29, 0.717) is 10.7 Å². The van der Waals surface area contributed by atoms with E-state index in [1.807, 2.05) is 0 Å². The molecule has 0 radical (unpaired) electrons. The smallest absolute Gasteiger partial charge is 0.379 e. The molecule has 0 aliphatic heterocycles. The molecule has 80 valence electrons. The van der Waals surface area contributed by atoms with Gasteiger partial charge in [0, 0.05) is 11.8 Å². The predicted octanol–water partition coefficient (Wildman–Crippen LogP) is 1.79. The normalized spacial score (nSPS) is 9.80. The minimum absolute atomic E-state index is 0.171. The van der Waals surface area contributed by atoms with E-state index in [1.54, 1.807) is 13.8 Å². The molecule has 1 rings (SSSR count). The zero-order chi connectivity index (χ0) is 11.4. The van der Waals surface area contributed by atoms with Crippen LogP contribution >= 0.6 is 11.6 Å². The monoisotopic (exact) mass is 227 g/mol. The number of carbonyl (C=O) groups is 2. The summed E-state index contributed by atoms with van der Waals surface area (Å²) in [5, 5.41) is 0.315. The van der Waals surface area contributed by atoms with Crippen LogP contribution in [0, 0.1) is 6.92 Å². The Labute approximate surface area is 92.2 Å². The van der Waals surface area contributed by atoms with Crippen molar-refractivity contribution in [3.8, 4) is 0 Å². The Morgan fingerprint density at radius 1 is 1.53 bits per heavy atom. The van der Waals surface area contributed by atoms with Crippen LogP contribution in [-0.2, 0) is 9.53 Å². The molecule has 0 fully saturated rings. The molecule has 0 aromatic carbocycles. The molecule has 5 heteroatoms. The number of rotatable bonds is 3. The Morgan fingerprint density at radius 3 is 2.73 bits per heavy atom. The summed E-state index contributed by atoms with van der Waals surface area (Å²) in [6.07, 6.45) is 1.26. The van der Waals surface area contributed by atoms with Gasteiger partial charge in [-0.05, 0) is 25.5 Å². The van der Waals surface area contributed by atoms with Gasteiger partial charge >= 0.3 is 5.97 Å². The van der Waals surface area contributed by atoms with Crippen LogP contribution in [0.1, 0.15) is 22.8 Å². The molecule has 0 saturated carbocycles. The van der Waals surface area contributed by atoms with Gasteiger partial charge in [0.25, 0.3) is 5.78 Å². The van der Waals surface area contributed by atoms with Gasteiger partial charge in [0.05, 0.1) is 6.61 Å². The van der Waals surface area contributed by atoms with E-state index in [1.165, 1.54) is 12.3 Å². The second-order valence-electron chi connectivity index (χ2n) is 2.88. The van der Waals surface area contributed by atoms with Crippen LogP contribution in [0.5, 0.6) is 0 Å². The molecule has 0 amide bonds. The molecule has 1 heterocycles. The van der Waals surface area contributed by atoms with Gasteiger partial charge in [0.15, 0.2) is 0 Å². The molecule has 0 saturated heterocycles. The molecule has 0 bridgehead atoms. The lowest BCUT2D eigenvalue weighted by Gasteiger charge is -2.02. The number of hydrogen-bond acceptors (Lipinski definition) is 4. The van der Waals surface area contributed by atoms with E-state index in [4.69, 9.17) is 11.6 Å². The van der Waals surface area contributed by atoms with Gasteiger partial charge in [-0.3, -0.25) is 4.79 Å². The molecule has 1 aromatic heterocycles. The number of aromatic nitrogens is 1. The molecule has 15 heavy (non-hydrogen) atoms. The lowest BCUT2D eigenvalue weighted by atomic mass is 10.1. The van der Waals surface area contributed by atoms with E-state index < -0.39 is 11.8 Å². The van der Waals surface area contributed by atoms with Gasteiger partial charge in [-0.15, -0.1) is 0 Å². The fraction of sp³-hybridized carbons (Fsp3) is 0.300. The number of Topliss-reactive ketones (excluding diaryl/α,β-unsaturated/α-hetero) is 1. The van der Waals surface area contributed by atoms with E-state index in [-0.39, 0.29) is 12.2 Å². The number of pyridine rings is 1. The second-order valence-corrected chi connectivity index (χ2v) is 3.24. The highest BCUT2D eigenvalue weighted by Gasteiger charge is 2.18. The Hall–Kier alpha value is -1.42. The van der Waals surface area contributed by atoms with Gasteiger partial charge in [0.1, 0.15) is 5.15 Å². The highest BCUT2D eigenvalue weighted by molar-refractivity contribution is 6.40. The van der Waals surface area contributed by atoms with Crippen LogP contribution in [0.4, 0.5) is 0 Å². The average Bonchev–Trinajstić information content (AvgIpc) is 2.21. The van der Waals surface area contributed by atoms with Gasteiger partial charge in [-0.2, -0.15) is 0 Å². The summed E-state index contributed by atoms with van der Waals surface area (Å²) in [4.78, 5) is 26.3. The molecule has 4 nitrogen and oxygen atoms in total. The van der Waals surface area contributed by atoms with Crippen LogP contribution < -0.4 is 0 Å². The maximum absolute atomic E-state index is 11.4. The fourth-order valence-corrected chi connectivity index (χ4v) is 1.10. The number of carbonyl (C=O) groups excluding carboxylic acids is 2. The largest absolute Gasteiger partial charge is 0.460 e. The van der Waals surface area contributed by atoms with Crippen molar-refractivity contribution in [2.45, 2.75) is 13.8 Å². The van der Waals surface area contributed by atoms with Crippen molar-refractivity contribution in [3.05, 3.63) is 28.5 Å². The maximum atomic E-state index is 11.4. The highest BCUT2D eigenvalue weighted by atomic mass is 35.5. The van der Waals surface area contributed by atoms with Crippen LogP contribution in [0.3, 0.4) is 0 Å². The number of nitrogens with zero attached hydrogens (tertiary/aromatic N) is 1. The zero-order valence-corrected chi connectivity index (χ0v) is 9.17. The Balaban J connectivity index is 2.92. The lowest BCUT2D eigenvalue weighted by Crippen LogP contribution is -2.17. The third-order valence-corrected chi connectivity index (χ3v) is 2.13. The summed E-state index contributed by atoms with van der Waals surface area (Å²) < 4.78 is 4.58. The van der Waals surface area contributed by atoms with Crippen LogP contribution in [0.2, 0.25) is 5.15 Å². The first-order valence-corrected chi connectivity index (χ1v) is 4.77. The van der Waals surface area contributed by atoms with Crippen molar-refractivity contribution in [1.29, 1.82) is 0 Å². The van der Waals surface area contributed by atoms with Crippen molar-refractivity contribution < 1.29 is 14.3 Å². The third kappa shape index (κ3) is 2.76. The minimum Gasteiger partial charge on any atom is -0.460 e. The van der Waals surface area contributed by atoms with Gasteiger partial charge in [-0.1, -0.05) is 11.6 Å². The molecule has 0 unspecified atom stereocenters. The first-order valence-electron chi connectivity index (χ1n) is 4.39. The van der Waals surface area contributed by atoms with Crippen LogP contribution in [0.15, 0.2) is 12.3 Å². The number of hydrogen-bond donors (Lipinski definition) is 0. The number of aryl methyl sites for hydroxylation is 1. The van der Waals surface area contributed by atoms with Crippen molar-refractivity contribution in [2.75, 3.05) is 6.61 Å². The van der Waals surface area contributed by atoms with Crippen molar-refractivity contribution in [1.82, 2.24) is 4.98 Å². The maximum Gasteiger partial charge on any atom is 0.379 e. The Bertz CT molecular complexity index is 404. The van der Waals surface area contributed by atoms with Gasteiger partial charge in [-0.25, -0.2) is 9.78 Å². The van der Waals surface area contributed by atoms with Crippen molar-refractivity contribution in [3.63, 3.8) is 0 Å². The van der Waals surface area contributed by atoms with E-state index in [9.17, 15) is 9.59 Å². The van der Waals surface area contributed by atoms with Gasteiger partial charge < -0.3 is 4.74 Å². The molecule has 0 N–H and O–H groups in total. The summed E-state index contributed by atoms with van der Waals surface area (Å²) in [6, 6.07) is 1.51. The molecule has 1 aromatic rings. The lowest BCUT2D eigenvalue weighted by molar-refractivity contribution is -0.137. The Kier molecular flexibility index (Phi) is 3.80. The van der Waals surface area contributed by atoms with Crippen molar-refractivity contribution >= 4 is 23.4 Å². The summed E-state index contributed by atoms with van der Waals surface area (Å²) in [5.41, 5.74) is 0.835. The van der Waals surface area contributed by atoms with Crippen molar-refractivity contribution in [2.24, 2.45) is 0 Å². The minimum atomic E-state index is -0.874. The van der Waals surface area contributed by atoms with Gasteiger partial charge in [0.2, 0.25) is 0 Å². The Morgan fingerprint density at radius 2 is 2.20 bits per heavy atom. The number of halogens is 1. The quantitative estimate of drug-likeness (QED) is 0.342. The molecule has 0 aliphatic rings. The topological polar surface area (TPSA) is 56.3 Å². The molecular formula is C10H10ClNO3. The third-order valence-electron chi connectivity index (χ3n) is 1.74. The first-order chi connectivity index (χ1) is 7.06. The second kappa shape index (κ2) is 4.89. The SMILES string of the molecule is CCOC(=O)C(=O)c1cnc(Cl)c(C)c1. The highest BCUT2D eigenvalue weighted by Crippen LogP contribution is 2.13. The first kappa shape index (κ1) is 11.7. The standard InChI is InChI=1S/C10H10ClNO3/c1-3-15-10(14)8(13)7-4-6(2)9(11)12-5-7/h4-5H,3H2,1-2H3. The summed E-state index contributed by atoms with van der Waals surface area (Å²) in [6.45, 7) is 3.51. The summed E-state index contributed by atoms with van der Waals surface area (Å²) in [5.74, 6) is -1.58. The molecular weight excluding hydrogens is 218 g/mol. The molecule has 0 spiro atoms. The van der Waals surface area contributed by atoms with Crippen LogP contribution in [-0.4, -0.2) is 23.3 Å². The summed E-state index contributed by atoms with van der Waals surface area (Å²) in [7, 11) is 0. The van der Waals surface area contributed by atoms with E-state index >= 15 is 0 Å². The number of ketones is 1. The predicted molar refractivity (Wildman–Crippen MR) is 54.9 cm³/mol. The molecule has 0 atom stereocenters. The zero-order valence-electron chi connectivity index (χ0n) is 8.41. The summed E-state index contributed by atoms with van der Waals surface area (Å²) >= 11 is 5.69. The van der Waals surface area contributed by atoms with Crippen LogP contribution in [0.25, 0.3) is 0 Å². The molecule has 0 aliphatic carbocycles. The average molecular weight is 228 g/mol. The van der Waals surface area contributed by atoms with E-state index in [2.05, 4.69) is 9.72 Å². The number of ether oxygens (including phenoxy) is 1. The number of esters is 1. The van der Waals surface area contributed by atoms with E-state index in [0.717, 1.165) is 0 Å².